The van der Waals surface area contributed by atoms with Crippen molar-refractivity contribution in [2.75, 3.05) is 5.75 Å². The van der Waals surface area contributed by atoms with Gasteiger partial charge in [-0.3, -0.25) is 0 Å². The molecular weight excluding hydrogens is 250 g/mol. The summed E-state index contributed by atoms with van der Waals surface area (Å²) in [5.41, 5.74) is 3.03. The van der Waals surface area contributed by atoms with E-state index in [2.05, 4.69) is 48.3 Å². The van der Waals surface area contributed by atoms with Crippen molar-refractivity contribution >= 4 is 11.8 Å². The Morgan fingerprint density at radius 3 is 2.89 bits per heavy atom. The summed E-state index contributed by atoms with van der Waals surface area (Å²) in [5.74, 6) is 2.12. The molecule has 0 heterocycles. The molecule has 19 heavy (non-hydrogen) atoms. The van der Waals surface area contributed by atoms with Gasteiger partial charge in [-0.1, -0.05) is 37.6 Å². The zero-order valence-corrected chi connectivity index (χ0v) is 12.7. The zero-order valence-electron chi connectivity index (χ0n) is 11.9. The van der Waals surface area contributed by atoms with E-state index < -0.39 is 0 Å². The molecule has 0 saturated heterocycles. The first-order valence-corrected chi connectivity index (χ1v) is 8.85. The molecule has 2 atom stereocenters. The lowest BCUT2D eigenvalue weighted by atomic mass is 10.1. The molecular formula is C17H25NS. The minimum atomic E-state index is 0.731. The van der Waals surface area contributed by atoms with Crippen LogP contribution in [0.3, 0.4) is 0 Å². The quantitative estimate of drug-likeness (QED) is 0.829. The Balaban J connectivity index is 1.55. The lowest BCUT2D eigenvalue weighted by Gasteiger charge is -2.20. The second kappa shape index (κ2) is 6.32. The monoisotopic (exact) mass is 275 g/mol. The zero-order chi connectivity index (χ0) is 13.1. The van der Waals surface area contributed by atoms with Gasteiger partial charge >= 0.3 is 0 Å². The maximum absolute atomic E-state index is 3.80. The highest BCUT2D eigenvalue weighted by Gasteiger charge is 2.27. The van der Waals surface area contributed by atoms with Crippen LogP contribution in [0.25, 0.3) is 0 Å². The van der Waals surface area contributed by atoms with Crippen molar-refractivity contribution in [2.45, 2.75) is 62.8 Å². The molecule has 3 rings (SSSR count). The Bertz CT molecular complexity index is 413. The van der Waals surface area contributed by atoms with Crippen molar-refractivity contribution in [1.82, 2.24) is 5.32 Å². The van der Waals surface area contributed by atoms with Crippen molar-refractivity contribution in [3.05, 3.63) is 35.4 Å². The standard InChI is InChI=1S/C17H25NS/c1-2-19-17-8-4-7-16(17)18-12-13-5-3-6-15(11-13)14-9-10-14/h3,5-6,11,14,16-18H,2,4,7-10,12H2,1H3. The van der Waals surface area contributed by atoms with E-state index in [-0.39, 0.29) is 0 Å². The molecule has 2 fully saturated rings. The first-order chi connectivity index (χ1) is 9.36. The van der Waals surface area contributed by atoms with E-state index in [4.69, 9.17) is 0 Å². The highest BCUT2D eigenvalue weighted by Crippen LogP contribution is 2.40. The van der Waals surface area contributed by atoms with Gasteiger partial charge in [0.1, 0.15) is 0 Å². The molecule has 0 aliphatic heterocycles. The van der Waals surface area contributed by atoms with Crippen LogP contribution in [-0.2, 0) is 6.54 Å². The van der Waals surface area contributed by atoms with Crippen molar-refractivity contribution in [3.63, 3.8) is 0 Å². The average Bonchev–Trinajstić information content (AvgIpc) is 3.19. The van der Waals surface area contributed by atoms with Crippen molar-refractivity contribution < 1.29 is 0 Å². The Kier molecular flexibility index (Phi) is 4.49. The average molecular weight is 275 g/mol. The predicted molar refractivity (Wildman–Crippen MR) is 84.8 cm³/mol. The molecule has 1 aromatic carbocycles. The Hall–Kier alpha value is -0.470. The van der Waals surface area contributed by atoms with Gasteiger partial charge in [0.2, 0.25) is 0 Å². The van der Waals surface area contributed by atoms with Gasteiger partial charge in [-0.2, -0.15) is 11.8 Å². The maximum Gasteiger partial charge on any atom is 0.0208 e. The fraction of sp³-hybridized carbons (Fsp3) is 0.647. The molecule has 1 nitrogen and oxygen atoms in total. The van der Waals surface area contributed by atoms with E-state index >= 15 is 0 Å². The van der Waals surface area contributed by atoms with Crippen molar-refractivity contribution in [2.24, 2.45) is 0 Å². The molecule has 2 heteroatoms. The van der Waals surface area contributed by atoms with E-state index in [0.29, 0.717) is 0 Å². The molecule has 2 aliphatic rings. The molecule has 2 aliphatic carbocycles. The van der Waals surface area contributed by atoms with Crippen LogP contribution >= 0.6 is 11.8 Å². The van der Waals surface area contributed by atoms with Crippen LogP contribution in [0, 0.1) is 0 Å². The SMILES string of the molecule is CCSC1CCCC1NCc1cccc(C2CC2)c1. The largest absolute Gasteiger partial charge is 0.309 e. The molecule has 0 spiro atoms. The summed E-state index contributed by atoms with van der Waals surface area (Å²) in [6.07, 6.45) is 6.96. The summed E-state index contributed by atoms with van der Waals surface area (Å²) in [6, 6.07) is 9.95. The Morgan fingerprint density at radius 1 is 1.21 bits per heavy atom. The number of hydrogen-bond donors (Lipinski definition) is 1. The first kappa shape index (κ1) is 13.5. The molecule has 104 valence electrons. The highest BCUT2D eigenvalue weighted by molar-refractivity contribution is 7.99. The van der Waals surface area contributed by atoms with E-state index in [0.717, 1.165) is 23.8 Å². The fourth-order valence-electron chi connectivity index (χ4n) is 3.20. The van der Waals surface area contributed by atoms with Crippen LogP contribution in [0.5, 0.6) is 0 Å². The second-order valence-electron chi connectivity index (χ2n) is 5.93. The number of thioether (sulfide) groups is 1. The van der Waals surface area contributed by atoms with Gasteiger partial charge in [-0.05, 0) is 48.5 Å². The smallest absolute Gasteiger partial charge is 0.0208 e. The van der Waals surface area contributed by atoms with Gasteiger partial charge < -0.3 is 5.32 Å². The summed E-state index contributed by atoms with van der Waals surface area (Å²) < 4.78 is 0. The summed E-state index contributed by atoms with van der Waals surface area (Å²) in [7, 11) is 0. The summed E-state index contributed by atoms with van der Waals surface area (Å²) in [6.45, 7) is 3.32. The van der Waals surface area contributed by atoms with Gasteiger partial charge in [0.15, 0.2) is 0 Å². The van der Waals surface area contributed by atoms with E-state index in [1.807, 2.05) is 0 Å². The van der Waals surface area contributed by atoms with Crippen LogP contribution < -0.4 is 5.32 Å². The molecule has 1 N–H and O–H groups in total. The van der Waals surface area contributed by atoms with Gasteiger partial charge in [-0.25, -0.2) is 0 Å². The summed E-state index contributed by atoms with van der Waals surface area (Å²) in [5, 5.41) is 4.64. The van der Waals surface area contributed by atoms with Crippen LogP contribution in [0.4, 0.5) is 0 Å². The van der Waals surface area contributed by atoms with Gasteiger partial charge in [-0.15, -0.1) is 0 Å². The van der Waals surface area contributed by atoms with Crippen LogP contribution in [0.15, 0.2) is 24.3 Å². The minimum Gasteiger partial charge on any atom is -0.309 e. The molecule has 2 unspecified atom stereocenters. The predicted octanol–water partition coefficient (Wildman–Crippen LogP) is 4.33. The normalized spacial score (nSPS) is 26.8. The second-order valence-corrected chi connectivity index (χ2v) is 7.45. The number of benzene rings is 1. The fourth-order valence-corrected chi connectivity index (χ4v) is 4.42. The molecule has 2 saturated carbocycles. The van der Waals surface area contributed by atoms with Gasteiger partial charge in [0.05, 0.1) is 0 Å². The third-order valence-electron chi connectivity index (χ3n) is 4.40. The van der Waals surface area contributed by atoms with Gasteiger partial charge in [0, 0.05) is 17.8 Å². The van der Waals surface area contributed by atoms with Crippen LogP contribution in [0.2, 0.25) is 0 Å². The molecule has 0 bridgehead atoms. The van der Waals surface area contributed by atoms with Crippen molar-refractivity contribution in [1.29, 1.82) is 0 Å². The van der Waals surface area contributed by atoms with E-state index in [1.165, 1.54) is 43.4 Å². The Morgan fingerprint density at radius 2 is 2.11 bits per heavy atom. The third kappa shape index (κ3) is 3.55. The number of hydrogen-bond acceptors (Lipinski definition) is 2. The summed E-state index contributed by atoms with van der Waals surface area (Å²) in [4.78, 5) is 0. The number of nitrogens with one attached hydrogen (secondary N) is 1. The Labute approximate surface area is 121 Å². The lowest BCUT2D eigenvalue weighted by molar-refractivity contribution is 0.532. The van der Waals surface area contributed by atoms with Gasteiger partial charge in [0.25, 0.3) is 0 Å². The molecule has 0 aromatic heterocycles. The maximum atomic E-state index is 3.80. The van der Waals surface area contributed by atoms with Crippen LogP contribution in [0.1, 0.15) is 56.1 Å². The molecule has 0 amide bonds. The first-order valence-electron chi connectivity index (χ1n) is 7.80. The third-order valence-corrected chi connectivity index (χ3v) is 5.73. The molecule has 0 radical (unpaired) electrons. The lowest BCUT2D eigenvalue weighted by Crippen LogP contribution is -2.33. The molecule has 1 aromatic rings. The minimum absolute atomic E-state index is 0.731. The van der Waals surface area contributed by atoms with Crippen molar-refractivity contribution in [3.8, 4) is 0 Å². The highest BCUT2D eigenvalue weighted by atomic mass is 32.2. The number of rotatable bonds is 6. The van der Waals surface area contributed by atoms with E-state index in [9.17, 15) is 0 Å². The van der Waals surface area contributed by atoms with E-state index in [1.54, 1.807) is 5.56 Å². The van der Waals surface area contributed by atoms with Crippen LogP contribution in [-0.4, -0.2) is 17.0 Å². The summed E-state index contributed by atoms with van der Waals surface area (Å²) >= 11 is 2.14. The topological polar surface area (TPSA) is 12.0 Å².